The third-order valence-corrected chi connectivity index (χ3v) is 6.94. The molecule has 0 heterocycles. The number of rotatable bonds is 7. The van der Waals surface area contributed by atoms with Gasteiger partial charge in [0.1, 0.15) is 16.3 Å². The second kappa shape index (κ2) is 10.6. The van der Waals surface area contributed by atoms with E-state index in [1.54, 1.807) is 48.5 Å². The number of amides is 1. The maximum absolute atomic E-state index is 13.1. The normalized spacial score (nSPS) is 11.7. The molecule has 4 aromatic rings. The smallest absolute Gasteiger partial charge is 0.296 e. The lowest BCUT2D eigenvalue weighted by Gasteiger charge is -2.12. The zero-order valence-corrected chi connectivity index (χ0v) is 21.3. The molecule has 11 heteroatoms. The first-order valence-corrected chi connectivity index (χ1v) is 12.9. The number of aromatic hydroxyl groups is 1. The molecule has 0 spiro atoms. The van der Waals surface area contributed by atoms with Crippen molar-refractivity contribution in [2.75, 3.05) is 12.4 Å². The molecule has 4 rings (SSSR count). The first-order valence-electron chi connectivity index (χ1n) is 11.0. The Hall–Kier alpha value is -3.99. The van der Waals surface area contributed by atoms with Gasteiger partial charge >= 0.3 is 0 Å². The van der Waals surface area contributed by atoms with Crippen molar-refractivity contribution in [2.45, 2.75) is 18.2 Å². The highest BCUT2D eigenvalue weighted by Crippen LogP contribution is 2.40. The van der Waals surface area contributed by atoms with Crippen LogP contribution < -0.4 is 10.1 Å². The number of nitrogens with one attached hydrogen (secondary N) is 1. The van der Waals surface area contributed by atoms with Gasteiger partial charge in [0.15, 0.2) is 5.75 Å². The Morgan fingerprint density at radius 1 is 1.05 bits per heavy atom. The summed E-state index contributed by atoms with van der Waals surface area (Å²) in [7, 11) is -3.09. The zero-order valence-electron chi connectivity index (χ0n) is 19.8. The number of azo groups is 1. The van der Waals surface area contributed by atoms with Crippen LogP contribution in [0.4, 0.5) is 17.1 Å². The third-order valence-electron chi connectivity index (χ3n) is 5.62. The molecule has 0 aliphatic carbocycles. The van der Waals surface area contributed by atoms with Crippen molar-refractivity contribution in [2.24, 2.45) is 10.2 Å². The van der Waals surface area contributed by atoms with Gasteiger partial charge in [-0.2, -0.15) is 13.5 Å². The molecule has 0 atom stereocenters. The summed E-state index contributed by atoms with van der Waals surface area (Å²) < 4.78 is 38.1. The predicted octanol–water partition coefficient (Wildman–Crippen LogP) is 6.68. The van der Waals surface area contributed by atoms with Crippen molar-refractivity contribution in [1.82, 2.24) is 0 Å². The standard InChI is InChI=1S/C26H22ClN3O6S/c1-3-15-12-21(27)23(37(33,34)35)14-22(15)29-30-24-19-10-5-4-7-16(19)11-20(25(24)31)26(32)28-17-8-6-9-18(13-17)36-2/h4-14,31H,3H2,1-2H3,(H,28,32)(H,33,34,35). The molecule has 0 radical (unpaired) electrons. The van der Waals surface area contributed by atoms with Crippen LogP contribution in [0, 0.1) is 0 Å². The molecular weight excluding hydrogens is 518 g/mol. The molecule has 0 bridgehead atoms. The van der Waals surface area contributed by atoms with Crippen LogP contribution >= 0.6 is 11.6 Å². The Kier molecular flexibility index (Phi) is 7.44. The van der Waals surface area contributed by atoms with Crippen LogP contribution in [0.2, 0.25) is 5.02 Å². The Balaban J connectivity index is 1.82. The lowest BCUT2D eigenvalue weighted by Crippen LogP contribution is -2.12. The minimum atomic E-state index is -4.60. The van der Waals surface area contributed by atoms with Gasteiger partial charge < -0.3 is 15.2 Å². The third kappa shape index (κ3) is 5.56. The number of halogens is 1. The van der Waals surface area contributed by atoms with E-state index < -0.39 is 26.7 Å². The van der Waals surface area contributed by atoms with E-state index >= 15 is 0 Å². The lowest BCUT2D eigenvalue weighted by molar-refractivity contribution is 0.102. The highest BCUT2D eigenvalue weighted by atomic mass is 35.5. The number of ether oxygens (including phenoxy) is 1. The maximum Gasteiger partial charge on any atom is 0.296 e. The molecule has 9 nitrogen and oxygen atoms in total. The molecule has 3 N–H and O–H groups in total. The molecule has 37 heavy (non-hydrogen) atoms. The largest absolute Gasteiger partial charge is 0.505 e. The van der Waals surface area contributed by atoms with Gasteiger partial charge in [-0.1, -0.05) is 48.9 Å². The van der Waals surface area contributed by atoms with E-state index in [2.05, 4.69) is 15.5 Å². The second-order valence-corrected chi connectivity index (χ2v) is 9.77. The molecule has 4 aromatic carbocycles. The van der Waals surface area contributed by atoms with Crippen LogP contribution in [-0.2, 0) is 16.5 Å². The van der Waals surface area contributed by atoms with Gasteiger partial charge in [0.05, 0.1) is 23.4 Å². The Bertz CT molecular complexity index is 1650. The number of hydrogen-bond acceptors (Lipinski definition) is 7. The predicted molar refractivity (Wildman–Crippen MR) is 141 cm³/mol. The van der Waals surface area contributed by atoms with E-state index in [0.29, 0.717) is 34.2 Å². The molecule has 0 fully saturated rings. The van der Waals surface area contributed by atoms with Gasteiger partial charge in [-0.05, 0) is 47.7 Å². The fourth-order valence-electron chi connectivity index (χ4n) is 3.75. The summed E-state index contributed by atoms with van der Waals surface area (Å²) in [6, 6.07) is 17.8. The maximum atomic E-state index is 13.1. The van der Waals surface area contributed by atoms with E-state index in [0.717, 1.165) is 6.07 Å². The fraction of sp³-hybridized carbons (Fsp3) is 0.115. The molecule has 0 aromatic heterocycles. The number of anilines is 1. The summed E-state index contributed by atoms with van der Waals surface area (Å²) in [5.74, 6) is -0.443. The average molecular weight is 540 g/mol. The van der Waals surface area contributed by atoms with Crippen molar-refractivity contribution in [3.8, 4) is 11.5 Å². The molecule has 0 aliphatic rings. The number of aryl methyl sites for hydroxylation is 1. The highest BCUT2D eigenvalue weighted by Gasteiger charge is 2.20. The number of phenols is 1. The van der Waals surface area contributed by atoms with Gasteiger partial charge in [-0.3, -0.25) is 9.35 Å². The van der Waals surface area contributed by atoms with E-state index in [4.69, 9.17) is 16.3 Å². The number of carbonyl (C=O) groups excluding carboxylic acids is 1. The highest BCUT2D eigenvalue weighted by molar-refractivity contribution is 7.86. The number of fused-ring (bicyclic) bond motifs is 1. The number of methoxy groups -OCH3 is 1. The molecule has 0 saturated heterocycles. The summed E-state index contributed by atoms with van der Waals surface area (Å²) in [4.78, 5) is 12.6. The van der Waals surface area contributed by atoms with Crippen LogP contribution in [-0.4, -0.2) is 31.1 Å². The minimum Gasteiger partial charge on any atom is -0.505 e. The summed E-state index contributed by atoms with van der Waals surface area (Å²) in [6.07, 6.45) is 0.440. The fourth-order valence-corrected chi connectivity index (χ4v) is 4.80. The molecule has 1 amide bonds. The topological polar surface area (TPSA) is 138 Å². The van der Waals surface area contributed by atoms with Crippen molar-refractivity contribution in [1.29, 1.82) is 0 Å². The van der Waals surface area contributed by atoms with Gasteiger partial charge in [-0.25, -0.2) is 0 Å². The summed E-state index contributed by atoms with van der Waals surface area (Å²) in [5, 5.41) is 23.1. The Labute approximate surface area is 218 Å². The zero-order chi connectivity index (χ0) is 26.7. The summed E-state index contributed by atoms with van der Waals surface area (Å²) in [5.41, 5.74) is 1.14. The number of phenolic OH excluding ortho intramolecular Hbond substituents is 1. The average Bonchev–Trinajstić information content (AvgIpc) is 2.87. The van der Waals surface area contributed by atoms with Gasteiger partial charge in [0.2, 0.25) is 0 Å². The van der Waals surface area contributed by atoms with Crippen LogP contribution in [0.25, 0.3) is 10.8 Å². The van der Waals surface area contributed by atoms with Crippen LogP contribution in [0.5, 0.6) is 11.5 Å². The monoisotopic (exact) mass is 539 g/mol. The minimum absolute atomic E-state index is 0.0132. The van der Waals surface area contributed by atoms with Gasteiger partial charge in [0.25, 0.3) is 16.0 Å². The Morgan fingerprint density at radius 2 is 1.81 bits per heavy atom. The van der Waals surface area contributed by atoms with E-state index in [1.807, 2.05) is 6.92 Å². The molecular formula is C26H22ClN3O6S. The van der Waals surface area contributed by atoms with Crippen LogP contribution in [0.3, 0.4) is 0 Å². The first kappa shape index (κ1) is 26.1. The number of carbonyl (C=O) groups is 1. The quantitative estimate of drug-likeness (QED) is 0.177. The van der Waals surface area contributed by atoms with Crippen LogP contribution in [0.15, 0.2) is 81.9 Å². The van der Waals surface area contributed by atoms with E-state index in [-0.39, 0.29) is 22.0 Å². The Morgan fingerprint density at radius 3 is 2.51 bits per heavy atom. The summed E-state index contributed by atoms with van der Waals surface area (Å²) in [6.45, 7) is 1.81. The van der Waals surface area contributed by atoms with Crippen molar-refractivity contribution in [3.63, 3.8) is 0 Å². The van der Waals surface area contributed by atoms with Crippen LogP contribution in [0.1, 0.15) is 22.8 Å². The lowest BCUT2D eigenvalue weighted by atomic mass is 10.0. The number of hydrogen-bond donors (Lipinski definition) is 3. The van der Waals surface area contributed by atoms with Crippen molar-refractivity contribution >= 4 is 55.5 Å². The van der Waals surface area contributed by atoms with E-state index in [1.165, 1.54) is 19.2 Å². The molecule has 0 saturated carbocycles. The van der Waals surface area contributed by atoms with Crippen molar-refractivity contribution < 1.29 is 27.6 Å². The van der Waals surface area contributed by atoms with Gasteiger partial charge in [-0.15, -0.1) is 5.11 Å². The second-order valence-electron chi connectivity index (χ2n) is 7.97. The summed E-state index contributed by atoms with van der Waals surface area (Å²) >= 11 is 6.02. The van der Waals surface area contributed by atoms with Gasteiger partial charge in [0, 0.05) is 17.1 Å². The molecule has 190 valence electrons. The molecule has 0 aliphatic heterocycles. The van der Waals surface area contributed by atoms with E-state index in [9.17, 15) is 22.9 Å². The number of benzene rings is 4. The number of nitrogens with zero attached hydrogens (tertiary/aromatic N) is 2. The SMILES string of the molecule is CCc1cc(Cl)c(S(=O)(=O)O)cc1N=Nc1c(O)c(C(=O)Nc2cccc(OC)c2)cc2ccccc12. The first-order chi connectivity index (χ1) is 17.6. The molecule has 0 unspecified atom stereocenters. The van der Waals surface area contributed by atoms with Crippen molar-refractivity contribution in [3.05, 3.63) is 82.9 Å².